The van der Waals surface area contributed by atoms with Gasteiger partial charge in [-0.15, -0.1) is 0 Å². The van der Waals surface area contributed by atoms with Gasteiger partial charge in [0.05, 0.1) is 0 Å². The summed E-state index contributed by atoms with van der Waals surface area (Å²) in [7, 11) is 1.54. The number of hydrogen-bond acceptors (Lipinski definition) is 4. The summed E-state index contributed by atoms with van der Waals surface area (Å²) in [6, 6.07) is 25.3. The maximum atomic E-state index is 6.14. The number of imidazole rings is 1. The minimum atomic E-state index is 0.430. The maximum absolute atomic E-state index is 6.14. The van der Waals surface area contributed by atoms with E-state index in [2.05, 4.69) is 58.7 Å². The van der Waals surface area contributed by atoms with E-state index in [0.29, 0.717) is 18.4 Å². The largest absolute Gasteiger partial charge is 0.489 e. The highest BCUT2D eigenvalue weighted by Crippen LogP contribution is 2.38. The van der Waals surface area contributed by atoms with Crippen molar-refractivity contribution in [3.8, 4) is 5.75 Å². The summed E-state index contributed by atoms with van der Waals surface area (Å²) in [6.45, 7) is 0.430. The van der Waals surface area contributed by atoms with Crippen molar-refractivity contribution in [2.45, 2.75) is 25.4 Å². The van der Waals surface area contributed by atoms with Crippen molar-refractivity contribution in [2.24, 2.45) is 5.16 Å². The average Bonchev–Trinajstić information content (AvgIpc) is 3.52. The predicted octanol–water partition coefficient (Wildman–Crippen LogP) is 5.40. The molecule has 0 fully saturated rings. The van der Waals surface area contributed by atoms with Gasteiger partial charge in [-0.25, -0.2) is 4.98 Å². The van der Waals surface area contributed by atoms with Crippen molar-refractivity contribution in [1.82, 2.24) is 9.55 Å². The van der Waals surface area contributed by atoms with Crippen molar-refractivity contribution < 1.29 is 9.57 Å². The highest BCUT2D eigenvalue weighted by Gasteiger charge is 2.23. The van der Waals surface area contributed by atoms with E-state index in [1.165, 1.54) is 23.1 Å². The number of fused-ring (bicyclic) bond motifs is 1. The van der Waals surface area contributed by atoms with E-state index in [1.807, 2.05) is 35.0 Å². The maximum Gasteiger partial charge on any atom is 0.185 e. The summed E-state index contributed by atoms with van der Waals surface area (Å²) < 4.78 is 7.97. The van der Waals surface area contributed by atoms with Gasteiger partial charge in [0, 0.05) is 29.4 Å². The van der Waals surface area contributed by atoms with Crippen LogP contribution in [0.5, 0.6) is 5.75 Å². The van der Waals surface area contributed by atoms with Gasteiger partial charge in [-0.3, -0.25) is 4.57 Å². The molecule has 160 valence electrons. The molecule has 32 heavy (non-hydrogen) atoms. The van der Waals surface area contributed by atoms with Gasteiger partial charge in [0.15, 0.2) is 5.84 Å². The Labute approximate surface area is 188 Å². The number of nitrogens with zero attached hydrogens (tertiary/aromatic N) is 3. The molecule has 1 unspecified atom stereocenters. The zero-order valence-electron chi connectivity index (χ0n) is 18.0. The molecule has 5 nitrogen and oxygen atoms in total. The normalized spacial score (nSPS) is 15.4. The summed E-state index contributed by atoms with van der Waals surface area (Å²) in [6.07, 6.45) is 7.58. The number of benzene rings is 3. The van der Waals surface area contributed by atoms with E-state index in [0.717, 1.165) is 23.3 Å². The second-order valence-electron chi connectivity index (χ2n) is 7.87. The fourth-order valence-electron chi connectivity index (χ4n) is 4.43. The molecule has 1 aromatic heterocycles. The van der Waals surface area contributed by atoms with Gasteiger partial charge in [0.1, 0.15) is 25.8 Å². The second kappa shape index (κ2) is 9.10. The monoisotopic (exact) mass is 423 g/mol. The molecule has 0 aliphatic heterocycles. The van der Waals surface area contributed by atoms with Crippen LogP contribution in [0.25, 0.3) is 0 Å². The van der Waals surface area contributed by atoms with Crippen LogP contribution in [-0.2, 0) is 17.9 Å². The lowest BCUT2D eigenvalue weighted by molar-refractivity contribution is 0.212. The van der Waals surface area contributed by atoms with E-state index >= 15 is 0 Å². The van der Waals surface area contributed by atoms with Gasteiger partial charge in [-0.05, 0) is 41.7 Å². The highest BCUT2D eigenvalue weighted by molar-refractivity contribution is 6.01. The third-order valence-electron chi connectivity index (χ3n) is 5.99. The zero-order valence-corrected chi connectivity index (χ0v) is 18.0. The topological polar surface area (TPSA) is 48.6 Å². The molecule has 5 heteroatoms. The first kappa shape index (κ1) is 20.1. The van der Waals surface area contributed by atoms with Crippen LogP contribution in [0.3, 0.4) is 0 Å². The molecule has 4 aromatic rings. The van der Waals surface area contributed by atoms with Gasteiger partial charge >= 0.3 is 0 Å². The molecule has 1 aliphatic rings. The first-order valence-electron chi connectivity index (χ1n) is 10.8. The summed E-state index contributed by atoms with van der Waals surface area (Å²) >= 11 is 0. The Morgan fingerprint density at radius 1 is 1.03 bits per heavy atom. The Hall–Kier alpha value is -3.86. The molecule has 0 N–H and O–H groups in total. The van der Waals surface area contributed by atoms with Crippen molar-refractivity contribution in [3.05, 3.63) is 119 Å². The molecule has 3 aromatic carbocycles. The van der Waals surface area contributed by atoms with Crippen molar-refractivity contribution in [1.29, 1.82) is 0 Å². The molecule has 0 saturated heterocycles. The number of hydrogen-bond donors (Lipinski definition) is 0. The van der Waals surface area contributed by atoms with Crippen LogP contribution in [0.4, 0.5) is 0 Å². The Kier molecular flexibility index (Phi) is 5.71. The quantitative estimate of drug-likeness (QED) is 0.237. The van der Waals surface area contributed by atoms with Crippen LogP contribution < -0.4 is 4.74 Å². The van der Waals surface area contributed by atoms with Crippen molar-refractivity contribution in [2.75, 3.05) is 7.11 Å². The van der Waals surface area contributed by atoms with Crippen LogP contribution >= 0.6 is 0 Å². The van der Waals surface area contributed by atoms with E-state index in [-0.39, 0.29) is 0 Å². The first-order chi connectivity index (χ1) is 15.8. The SMILES string of the molecule is CON=C(c1ccccc1COc1ccc(C2CCc3ccccc32)cc1)n1ccnc1. The lowest BCUT2D eigenvalue weighted by atomic mass is 9.93. The van der Waals surface area contributed by atoms with E-state index in [4.69, 9.17) is 9.57 Å². The van der Waals surface area contributed by atoms with Gasteiger partial charge < -0.3 is 9.57 Å². The Morgan fingerprint density at radius 3 is 2.66 bits per heavy atom. The van der Waals surface area contributed by atoms with Gasteiger partial charge in [0.2, 0.25) is 0 Å². The molecular weight excluding hydrogens is 398 g/mol. The van der Waals surface area contributed by atoms with Crippen LogP contribution in [-0.4, -0.2) is 22.5 Å². The summed E-state index contributed by atoms with van der Waals surface area (Å²) in [5, 5.41) is 4.21. The zero-order chi connectivity index (χ0) is 21.8. The fraction of sp³-hybridized carbons (Fsp3) is 0.185. The average molecular weight is 424 g/mol. The third kappa shape index (κ3) is 4.02. The molecule has 0 amide bonds. The molecule has 0 bridgehead atoms. The fourth-order valence-corrected chi connectivity index (χ4v) is 4.43. The van der Waals surface area contributed by atoms with Crippen LogP contribution in [0, 0.1) is 0 Å². The van der Waals surface area contributed by atoms with E-state index in [9.17, 15) is 0 Å². The van der Waals surface area contributed by atoms with Crippen LogP contribution in [0.2, 0.25) is 0 Å². The van der Waals surface area contributed by atoms with Crippen molar-refractivity contribution in [3.63, 3.8) is 0 Å². The molecule has 0 saturated carbocycles. The summed E-state index contributed by atoms with van der Waals surface area (Å²) in [5.41, 5.74) is 6.23. The lowest BCUT2D eigenvalue weighted by Gasteiger charge is -2.15. The molecule has 5 rings (SSSR count). The molecule has 0 spiro atoms. The predicted molar refractivity (Wildman–Crippen MR) is 125 cm³/mol. The smallest absolute Gasteiger partial charge is 0.185 e. The summed E-state index contributed by atoms with van der Waals surface area (Å²) in [5.74, 6) is 1.99. The third-order valence-corrected chi connectivity index (χ3v) is 5.99. The van der Waals surface area contributed by atoms with Gasteiger partial charge in [0.25, 0.3) is 0 Å². The van der Waals surface area contributed by atoms with Gasteiger partial charge in [-0.1, -0.05) is 65.8 Å². The molecular formula is C27H25N3O2. The van der Waals surface area contributed by atoms with Crippen LogP contribution in [0.1, 0.15) is 40.2 Å². The number of ether oxygens (including phenoxy) is 1. The number of aryl methyl sites for hydroxylation is 1. The Bertz CT molecular complexity index is 1210. The first-order valence-corrected chi connectivity index (χ1v) is 10.8. The second-order valence-corrected chi connectivity index (χ2v) is 7.87. The van der Waals surface area contributed by atoms with Crippen molar-refractivity contribution >= 4 is 5.84 Å². The minimum absolute atomic E-state index is 0.430. The standard InChI is InChI=1S/C27H25N3O2/c1-31-29-27(30-17-16-28-19-30)26-9-5-3-7-22(26)18-32-23-13-10-21(11-14-23)25-15-12-20-6-2-4-8-24(20)25/h2-11,13-14,16-17,19,25H,12,15,18H2,1H3. The minimum Gasteiger partial charge on any atom is -0.489 e. The van der Waals surface area contributed by atoms with E-state index < -0.39 is 0 Å². The number of oxime groups is 1. The number of aromatic nitrogens is 2. The molecule has 0 radical (unpaired) electrons. The molecule has 1 atom stereocenters. The Morgan fingerprint density at radius 2 is 1.84 bits per heavy atom. The van der Waals surface area contributed by atoms with Crippen LogP contribution in [0.15, 0.2) is 96.7 Å². The lowest BCUT2D eigenvalue weighted by Crippen LogP contribution is -2.15. The number of rotatable bonds is 6. The Balaban J connectivity index is 1.32. The highest BCUT2D eigenvalue weighted by atomic mass is 16.6. The summed E-state index contributed by atoms with van der Waals surface area (Å²) in [4.78, 5) is 9.21. The molecule has 1 aliphatic carbocycles. The molecule has 1 heterocycles. The van der Waals surface area contributed by atoms with Gasteiger partial charge in [-0.2, -0.15) is 0 Å². The van der Waals surface area contributed by atoms with E-state index in [1.54, 1.807) is 19.6 Å².